The summed E-state index contributed by atoms with van der Waals surface area (Å²) in [6.07, 6.45) is 0.0956. The molecular formula is C21H21N3O4S. The number of esters is 1. The summed E-state index contributed by atoms with van der Waals surface area (Å²) in [5.74, 6) is -0.870. The number of anilines is 1. The van der Waals surface area contributed by atoms with Gasteiger partial charge in [-0.1, -0.05) is 30.0 Å². The number of carbonyl (C=O) groups is 3. The molecule has 1 heterocycles. The second-order valence-electron chi connectivity index (χ2n) is 6.24. The fourth-order valence-corrected chi connectivity index (χ4v) is 3.96. The van der Waals surface area contributed by atoms with Crippen LogP contribution < -0.4 is 5.32 Å². The predicted octanol–water partition coefficient (Wildman–Crippen LogP) is 3.45. The zero-order valence-electron chi connectivity index (χ0n) is 16.1. The van der Waals surface area contributed by atoms with Crippen molar-refractivity contribution in [2.75, 3.05) is 19.0 Å². The number of nitrogens with zero attached hydrogens (tertiary/aromatic N) is 2. The Bertz CT molecular complexity index is 929. The number of methoxy groups -OCH3 is 1. The second kappa shape index (κ2) is 9.38. The van der Waals surface area contributed by atoms with Crippen molar-refractivity contribution in [2.24, 2.45) is 4.99 Å². The molecule has 0 bridgehead atoms. The van der Waals surface area contributed by atoms with E-state index < -0.39 is 11.2 Å². The highest BCUT2D eigenvalue weighted by atomic mass is 32.2. The third-order valence-electron chi connectivity index (χ3n) is 4.30. The van der Waals surface area contributed by atoms with Crippen LogP contribution in [0.25, 0.3) is 0 Å². The molecular weight excluding hydrogens is 390 g/mol. The molecule has 1 aliphatic heterocycles. The average Bonchev–Trinajstić information content (AvgIpc) is 2.74. The molecule has 1 aliphatic rings. The summed E-state index contributed by atoms with van der Waals surface area (Å²) in [6.45, 7) is 2.36. The molecule has 1 fully saturated rings. The molecule has 1 N–H and O–H groups in total. The largest absolute Gasteiger partial charge is 0.465 e. The highest BCUT2D eigenvalue weighted by molar-refractivity contribution is 8.15. The van der Waals surface area contributed by atoms with Crippen LogP contribution in [-0.4, -0.2) is 46.8 Å². The van der Waals surface area contributed by atoms with Gasteiger partial charge in [0.05, 0.1) is 18.4 Å². The molecule has 0 spiro atoms. The van der Waals surface area contributed by atoms with E-state index in [9.17, 15) is 14.4 Å². The molecule has 0 radical (unpaired) electrons. The van der Waals surface area contributed by atoms with Crippen LogP contribution in [0, 0.1) is 0 Å². The van der Waals surface area contributed by atoms with E-state index in [2.05, 4.69) is 15.0 Å². The van der Waals surface area contributed by atoms with Gasteiger partial charge in [-0.25, -0.2) is 9.79 Å². The molecule has 150 valence electrons. The van der Waals surface area contributed by atoms with Crippen molar-refractivity contribution < 1.29 is 19.1 Å². The van der Waals surface area contributed by atoms with Gasteiger partial charge < -0.3 is 10.1 Å². The van der Waals surface area contributed by atoms with Gasteiger partial charge in [-0.3, -0.25) is 14.5 Å². The average molecular weight is 411 g/mol. The number of para-hydroxylation sites is 1. The first-order valence-electron chi connectivity index (χ1n) is 9.11. The molecule has 1 unspecified atom stereocenters. The van der Waals surface area contributed by atoms with Crippen LogP contribution in [0.5, 0.6) is 0 Å². The topological polar surface area (TPSA) is 88.1 Å². The van der Waals surface area contributed by atoms with Crippen LogP contribution in [0.3, 0.4) is 0 Å². The van der Waals surface area contributed by atoms with E-state index >= 15 is 0 Å². The quantitative estimate of drug-likeness (QED) is 0.762. The number of rotatable bonds is 5. The molecule has 3 rings (SSSR count). The normalized spacial score (nSPS) is 17.9. The summed E-state index contributed by atoms with van der Waals surface area (Å²) in [5.41, 5.74) is 1.65. The Morgan fingerprint density at radius 3 is 2.48 bits per heavy atom. The minimum absolute atomic E-state index is 0.0956. The van der Waals surface area contributed by atoms with Gasteiger partial charge in [0.15, 0.2) is 5.17 Å². The Kier molecular flexibility index (Phi) is 6.66. The molecule has 29 heavy (non-hydrogen) atoms. The van der Waals surface area contributed by atoms with Crippen molar-refractivity contribution in [1.82, 2.24) is 4.90 Å². The van der Waals surface area contributed by atoms with E-state index in [4.69, 9.17) is 0 Å². The van der Waals surface area contributed by atoms with Crippen LogP contribution >= 0.6 is 11.8 Å². The molecule has 2 amide bonds. The SMILES string of the molecule is CCN1C(=O)CC(C(=O)Nc2ccc(C(=O)OC)cc2)SC1=Nc1ccccc1. The molecule has 2 aromatic carbocycles. The number of benzene rings is 2. The lowest BCUT2D eigenvalue weighted by atomic mass is 10.2. The van der Waals surface area contributed by atoms with Gasteiger partial charge in [-0.15, -0.1) is 0 Å². The van der Waals surface area contributed by atoms with Crippen molar-refractivity contribution in [3.8, 4) is 0 Å². The summed E-state index contributed by atoms with van der Waals surface area (Å²) in [6, 6.07) is 15.7. The molecule has 0 saturated carbocycles. The van der Waals surface area contributed by atoms with Gasteiger partial charge in [0, 0.05) is 18.7 Å². The Morgan fingerprint density at radius 1 is 1.17 bits per heavy atom. The number of carbonyl (C=O) groups excluding carboxylic acids is 3. The summed E-state index contributed by atoms with van der Waals surface area (Å²) >= 11 is 1.27. The smallest absolute Gasteiger partial charge is 0.337 e. The van der Waals surface area contributed by atoms with Gasteiger partial charge in [-0.05, 0) is 43.3 Å². The third-order valence-corrected chi connectivity index (χ3v) is 5.49. The van der Waals surface area contributed by atoms with Gasteiger partial charge >= 0.3 is 5.97 Å². The first-order chi connectivity index (χ1) is 14.0. The van der Waals surface area contributed by atoms with Crippen molar-refractivity contribution in [2.45, 2.75) is 18.6 Å². The molecule has 1 saturated heterocycles. The first kappa shape index (κ1) is 20.6. The maximum atomic E-state index is 12.7. The number of hydrogen-bond donors (Lipinski definition) is 1. The standard InChI is InChI=1S/C21H21N3O4S/c1-3-24-18(25)13-17(29-21(24)23-15-7-5-4-6-8-15)19(26)22-16-11-9-14(10-12-16)20(27)28-2/h4-12,17H,3,13H2,1-2H3,(H,22,26). The van der Waals surface area contributed by atoms with Crippen LogP contribution in [0.4, 0.5) is 11.4 Å². The minimum atomic E-state index is -0.590. The monoisotopic (exact) mass is 411 g/mol. The molecule has 2 aromatic rings. The van der Waals surface area contributed by atoms with E-state index in [0.717, 1.165) is 5.69 Å². The molecule has 7 nitrogen and oxygen atoms in total. The van der Waals surface area contributed by atoms with E-state index in [0.29, 0.717) is 23.0 Å². The first-order valence-corrected chi connectivity index (χ1v) is 9.99. The maximum absolute atomic E-state index is 12.7. The van der Waals surface area contributed by atoms with Crippen LogP contribution in [0.15, 0.2) is 59.6 Å². The highest BCUT2D eigenvalue weighted by Gasteiger charge is 2.35. The minimum Gasteiger partial charge on any atom is -0.465 e. The number of ether oxygens (including phenoxy) is 1. The second-order valence-corrected chi connectivity index (χ2v) is 7.41. The zero-order valence-corrected chi connectivity index (χ0v) is 16.9. The Balaban J connectivity index is 1.74. The molecule has 0 aromatic heterocycles. The number of aliphatic imine (C=N–C) groups is 1. The summed E-state index contributed by atoms with van der Waals surface area (Å²) in [7, 11) is 1.31. The van der Waals surface area contributed by atoms with Crippen LogP contribution in [0.2, 0.25) is 0 Å². The van der Waals surface area contributed by atoms with Crippen LogP contribution in [0.1, 0.15) is 23.7 Å². The van der Waals surface area contributed by atoms with Crippen molar-refractivity contribution in [3.63, 3.8) is 0 Å². The summed E-state index contributed by atoms with van der Waals surface area (Å²) < 4.78 is 4.66. The number of nitrogens with one attached hydrogen (secondary N) is 1. The fourth-order valence-electron chi connectivity index (χ4n) is 2.80. The third kappa shape index (κ3) is 5.03. The number of thioether (sulfide) groups is 1. The fraction of sp³-hybridized carbons (Fsp3) is 0.238. The van der Waals surface area contributed by atoms with Gasteiger partial charge in [0.2, 0.25) is 11.8 Å². The van der Waals surface area contributed by atoms with Gasteiger partial charge in [0.1, 0.15) is 5.25 Å². The van der Waals surface area contributed by atoms with Crippen molar-refractivity contribution in [3.05, 3.63) is 60.2 Å². The lowest BCUT2D eigenvalue weighted by molar-refractivity contribution is -0.129. The summed E-state index contributed by atoms with van der Waals surface area (Å²) in [4.78, 5) is 42.9. The Labute approximate surface area is 173 Å². The number of amidine groups is 1. The van der Waals surface area contributed by atoms with E-state index in [1.807, 2.05) is 37.3 Å². The molecule has 8 heteroatoms. The lowest BCUT2D eigenvalue weighted by Gasteiger charge is -2.30. The summed E-state index contributed by atoms with van der Waals surface area (Å²) in [5, 5.41) is 2.72. The van der Waals surface area contributed by atoms with Crippen molar-refractivity contribution in [1.29, 1.82) is 0 Å². The Morgan fingerprint density at radius 2 is 1.86 bits per heavy atom. The van der Waals surface area contributed by atoms with Gasteiger partial charge in [-0.2, -0.15) is 0 Å². The van der Waals surface area contributed by atoms with E-state index in [-0.39, 0.29) is 18.2 Å². The Hall–Kier alpha value is -3.13. The predicted molar refractivity (Wildman–Crippen MR) is 113 cm³/mol. The van der Waals surface area contributed by atoms with E-state index in [1.165, 1.54) is 18.9 Å². The zero-order chi connectivity index (χ0) is 20.8. The molecule has 1 atom stereocenters. The van der Waals surface area contributed by atoms with E-state index in [1.54, 1.807) is 29.2 Å². The maximum Gasteiger partial charge on any atom is 0.337 e. The van der Waals surface area contributed by atoms with Gasteiger partial charge in [0.25, 0.3) is 0 Å². The van der Waals surface area contributed by atoms with Crippen LogP contribution in [-0.2, 0) is 14.3 Å². The molecule has 0 aliphatic carbocycles. The number of amides is 2. The highest BCUT2D eigenvalue weighted by Crippen LogP contribution is 2.29. The van der Waals surface area contributed by atoms with Crippen molar-refractivity contribution >= 4 is 46.1 Å². The lowest BCUT2D eigenvalue weighted by Crippen LogP contribution is -2.45. The number of hydrogen-bond acceptors (Lipinski definition) is 6.